The highest BCUT2D eigenvalue weighted by molar-refractivity contribution is 5.46. The van der Waals surface area contributed by atoms with E-state index in [2.05, 4.69) is 40.1 Å². The summed E-state index contributed by atoms with van der Waals surface area (Å²) in [4.78, 5) is 4.95. The molecule has 3 rings (SSSR count). The fourth-order valence-electron chi connectivity index (χ4n) is 3.47. The maximum atomic E-state index is 10.1. The predicted octanol–water partition coefficient (Wildman–Crippen LogP) is 2.11. The molecule has 0 spiro atoms. The first-order valence-electron chi connectivity index (χ1n) is 7.57. The molecule has 1 saturated heterocycles. The lowest BCUT2D eigenvalue weighted by Crippen LogP contribution is -2.54. The molecule has 1 N–H and O–H groups in total. The molecule has 0 radical (unpaired) electrons. The zero-order valence-corrected chi connectivity index (χ0v) is 11.5. The molecule has 2 aliphatic rings. The quantitative estimate of drug-likeness (QED) is 0.882. The molecule has 1 aliphatic heterocycles. The highest BCUT2D eigenvalue weighted by atomic mass is 16.3. The Morgan fingerprint density at radius 2 is 1.58 bits per heavy atom. The minimum absolute atomic E-state index is 0.1000. The van der Waals surface area contributed by atoms with Crippen LogP contribution in [-0.4, -0.2) is 48.3 Å². The third kappa shape index (κ3) is 2.93. The number of aliphatic hydroxyl groups is 1. The van der Waals surface area contributed by atoms with Crippen LogP contribution in [0.2, 0.25) is 0 Å². The lowest BCUT2D eigenvalue weighted by Gasteiger charge is -2.43. The van der Waals surface area contributed by atoms with Crippen LogP contribution < -0.4 is 4.90 Å². The van der Waals surface area contributed by atoms with Crippen molar-refractivity contribution in [2.75, 3.05) is 31.1 Å². The molecule has 0 bridgehead atoms. The Kier molecular flexibility index (Phi) is 4.04. The van der Waals surface area contributed by atoms with Gasteiger partial charge in [-0.1, -0.05) is 31.0 Å². The van der Waals surface area contributed by atoms with Crippen LogP contribution in [0, 0.1) is 0 Å². The molecular weight excluding hydrogens is 236 g/mol. The second-order valence-corrected chi connectivity index (χ2v) is 5.78. The monoisotopic (exact) mass is 260 g/mol. The largest absolute Gasteiger partial charge is 0.391 e. The van der Waals surface area contributed by atoms with Crippen molar-refractivity contribution in [2.45, 2.75) is 37.8 Å². The summed E-state index contributed by atoms with van der Waals surface area (Å²) >= 11 is 0. The summed E-state index contributed by atoms with van der Waals surface area (Å²) in [5.41, 5.74) is 1.33. The van der Waals surface area contributed by atoms with Crippen molar-refractivity contribution in [3.05, 3.63) is 30.3 Å². The van der Waals surface area contributed by atoms with E-state index < -0.39 is 0 Å². The van der Waals surface area contributed by atoms with Gasteiger partial charge in [-0.25, -0.2) is 0 Å². The maximum Gasteiger partial charge on any atom is 0.0695 e. The van der Waals surface area contributed by atoms with Crippen LogP contribution in [0.1, 0.15) is 25.7 Å². The molecule has 0 aromatic heterocycles. The highest BCUT2D eigenvalue weighted by Gasteiger charge is 2.30. The Labute approximate surface area is 115 Å². The van der Waals surface area contributed by atoms with Gasteiger partial charge in [-0.2, -0.15) is 0 Å². The van der Waals surface area contributed by atoms with Crippen molar-refractivity contribution in [2.24, 2.45) is 0 Å². The van der Waals surface area contributed by atoms with Gasteiger partial charge < -0.3 is 10.0 Å². The average molecular weight is 260 g/mol. The first kappa shape index (κ1) is 12.9. The number of anilines is 1. The zero-order chi connectivity index (χ0) is 13.1. The third-order valence-corrected chi connectivity index (χ3v) is 4.60. The van der Waals surface area contributed by atoms with Crippen LogP contribution in [-0.2, 0) is 0 Å². The summed E-state index contributed by atoms with van der Waals surface area (Å²) in [6.07, 6.45) is 4.54. The van der Waals surface area contributed by atoms with Crippen molar-refractivity contribution in [3.8, 4) is 0 Å². The van der Waals surface area contributed by atoms with Gasteiger partial charge in [-0.15, -0.1) is 0 Å². The number of aliphatic hydroxyl groups excluding tert-OH is 1. The lowest BCUT2D eigenvalue weighted by atomic mass is 9.91. The lowest BCUT2D eigenvalue weighted by molar-refractivity contribution is 0.0173. The van der Waals surface area contributed by atoms with Crippen LogP contribution in [0.15, 0.2) is 30.3 Å². The van der Waals surface area contributed by atoms with Crippen LogP contribution in [0.25, 0.3) is 0 Å². The predicted molar refractivity (Wildman–Crippen MR) is 78.5 cm³/mol. The Bertz CT molecular complexity index is 387. The van der Waals surface area contributed by atoms with Gasteiger partial charge in [0.15, 0.2) is 0 Å². The number of hydrogen-bond donors (Lipinski definition) is 1. The molecule has 1 heterocycles. The van der Waals surface area contributed by atoms with Crippen LogP contribution in [0.4, 0.5) is 5.69 Å². The number of piperazine rings is 1. The first-order valence-corrected chi connectivity index (χ1v) is 7.57. The van der Waals surface area contributed by atoms with E-state index in [1.54, 1.807) is 0 Å². The second-order valence-electron chi connectivity index (χ2n) is 5.78. The average Bonchev–Trinajstić information content (AvgIpc) is 2.49. The first-order chi connectivity index (χ1) is 9.34. The highest BCUT2D eigenvalue weighted by Crippen LogP contribution is 2.25. The fourth-order valence-corrected chi connectivity index (χ4v) is 3.47. The molecule has 2 fully saturated rings. The van der Waals surface area contributed by atoms with Gasteiger partial charge in [0, 0.05) is 37.9 Å². The van der Waals surface area contributed by atoms with E-state index in [4.69, 9.17) is 0 Å². The number of para-hydroxylation sites is 1. The van der Waals surface area contributed by atoms with E-state index in [1.807, 2.05) is 0 Å². The van der Waals surface area contributed by atoms with E-state index in [1.165, 1.54) is 24.9 Å². The van der Waals surface area contributed by atoms with E-state index in [0.29, 0.717) is 6.04 Å². The zero-order valence-electron chi connectivity index (χ0n) is 11.5. The standard InChI is InChI=1S/C16H24N2O/c19-16-9-5-4-8-15(16)18-12-10-17(11-13-18)14-6-2-1-3-7-14/h1-3,6-7,15-16,19H,4-5,8-13H2/t15-,16-/m1/s1. The molecule has 104 valence electrons. The summed E-state index contributed by atoms with van der Waals surface area (Å²) in [7, 11) is 0. The summed E-state index contributed by atoms with van der Waals surface area (Å²) in [6.45, 7) is 4.31. The summed E-state index contributed by atoms with van der Waals surface area (Å²) < 4.78 is 0. The Balaban J connectivity index is 1.57. The Morgan fingerprint density at radius 3 is 2.26 bits per heavy atom. The molecule has 3 nitrogen and oxygen atoms in total. The minimum Gasteiger partial charge on any atom is -0.391 e. The number of nitrogens with zero attached hydrogens (tertiary/aromatic N) is 2. The summed E-state index contributed by atoms with van der Waals surface area (Å²) in [6, 6.07) is 11.1. The smallest absolute Gasteiger partial charge is 0.0695 e. The van der Waals surface area contributed by atoms with Gasteiger partial charge in [0.1, 0.15) is 0 Å². The van der Waals surface area contributed by atoms with Gasteiger partial charge in [0.05, 0.1) is 6.10 Å². The molecule has 1 aliphatic carbocycles. The van der Waals surface area contributed by atoms with Crippen molar-refractivity contribution in [1.82, 2.24) is 4.90 Å². The third-order valence-electron chi connectivity index (χ3n) is 4.60. The van der Waals surface area contributed by atoms with Gasteiger partial charge in [0.25, 0.3) is 0 Å². The van der Waals surface area contributed by atoms with E-state index in [0.717, 1.165) is 32.6 Å². The fraction of sp³-hybridized carbons (Fsp3) is 0.625. The normalized spacial score (nSPS) is 29.4. The minimum atomic E-state index is -0.1000. The van der Waals surface area contributed by atoms with Gasteiger partial charge in [-0.3, -0.25) is 4.90 Å². The Morgan fingerprint density at radius 1 is 0.895 bits per heavy atom. The number of hydrogen-bond acceptors (Lipinski definition) is 3. The molecule has 2 atom stereocenters. The van der Waals surface area contributed by atoms with Crippen LogP contribution >= 0.6 is 0 Å². The van der Waals surface area contributed by atoms with Gasteiger partial charge >= 0.3 is 0 Å². The summed E-state index contributed by atoms with van der Waals surface area (Å²) in [5.74, 6) is 0. The van der Waals surface area contributed by atoms with Crippen LogP contribution in [0.3, 0.4) is 0 Å². The topological polar surface area (TPSA) is 26.7 Å². The van der Waals surface area contributed by atoms with Crippen molar-refractivity contribution < 1.29 is 5.11 Å². The van der Waals surface area contributed by atoms with E-state index in [9.17, 15) is 5.11 Å². The van der Waals surface area contributed by atoms with E-state index >= 15 is 0 Å². The van der Waals surface area contributed by atoms with Crippen molar-refractivity contribution in [3.63, 3.8) is 0 Å². The second kappa shape index (κ2) is 5.93. The molecule has 1 aromatic carbocycles. The molecular formula is C16H24N2O. The van der Waals surface area contributed by atoms with Gasteiger partial charge in [0.2, 0.25) is 0 Å². The summed E-state index contributed by atoms with van der Waals surface area (Å²) in [5, 5.41) is 10.1. The Hall–Kier alpha value is -1.06. The maximum absolute atomic E-state index is 10.1. The number of rotatable bonds is 2. The SMILES string of the molecule is O[C@@H]1CCCC[C@H]1N1CCN(c2ccccc2)CC1. The molecule has 0 unspecified atom stereocenters. The molecule has 3 heteroatoms. The van der Waals surface area contributed by atoms with Crippen molar-refractivity contribution >= 4 is 5.69 Å². The molecule has 1 aromatic rings. The van der Waals surface area contributed by atoms with Crippen LogP contribution in [0.5, 0.6) is 0 Å². The van der Waals surface area contributed by atoms with E-state index in [-0.39, 0.29) is 6.10 Å². The number of benzene rings is 1. The van der Waals surface area contributed by atoms with Gasteiger partial charge in [-0.05, 0) is 25.0 Å². The molecule has 1 saturated carbocycles. The van der Waals surface area contributed by atoms with Crippen molar-refractivity contribution in [1.29, 1.82) is 0 Å². The molecule has 0 amide bonds. The molecule has 19 heavy (non-hydrogen) atoms.